The van der Waals surface area contributed by atoms with Gasteiger partial charge < -0.3 is 4.52 Å². The van der Waals surface area contributed by atoms with Gasteiger partial charge in [-0.3, -0.25) is 19.7 Å². The lowest BCUT2D eigenvalue weighted by Gasteiger charge is -2.23. The molecule has 8 heteroatoms. The maximum atomic E-state index is 12.1. The van der Waals surface area contributed by atoms with Crippen molar-refractivity contribution in [2.75, 3.05) is 0 Å². The second-order valence-electron chi connectivity index (χ2n) is 5.83. The second kappa shape index (κ2) is 7.57. The predicted octanol–water partition coefficient (Wildman–Crippen LogP) is 3.67. The number of benzene rings is 1. The van der Waals surface area contributed by atoms with Crippen LogP contribution in [0.3, 0.4) is 0 Å². The summed E-state index contributed by atoms with van der Waals surface area (Å²) in [7, 11) is 0. The first-order chi connectivity index (χ1) is 11.7. The predicted molar refractivity (Wildman–Crippen MR) is 90.6 cm³/mol. The fourth-order valence-electron chi connectivity index (χ4n) is 3.02. The highest BCUT2D eigenvalue weighted by atomic mass is 35.5. The van der Waals surface area contributed by atoms with E-state index in [0.29, 0.717) is 10.6 Å². The number of nitro groups is 1. The SMILES string of the molecule is CC(=O)C(C(C)=O)C(Cc1onc(C)c1[N+](=O)[O-])c1ccccc1Cl. The Balaban J connectivity index is 2.57. The van der Waals surface area contributed by atoms with Gasteiger partial charge in [0.05, 0.1) is 10.8 Å². The standard InChI is InChI=1S/C17H17ClN2O5/c1-9-17(20(23)24)15(25-19-9)8-13(16(10(2)21)11(3)22)12-6-4-5-7-14(12)18/h4-7,13,16H,8H2,1-3H3. The average molecular weight is 365 g/mol. The molecule has 0 bridgehead atoms. The lowest BCUT2D eigenvalue weighted by molar-refractivity contribution is -0.386. The number of carbonyl (C=O) groups excluding carboxylic acids is 2. The Labute approximate surface area is 149 Å². The number of ketones is 2. The van der Waals surface area contributed by atoms with Crippen LogP contribution in [-0.2, 0) is 16.0 Å². The van der Waals surface area contributed by atoms with Gasteiger partial charge in [-0.15, -0.1) is 0 Å². The number of aryl methyl sites for hydroxylation is 1. The van der Waals surface area contributed by atoms with E-state index < -0.39 is 16.8 Å². The van der Waals surface area contributed by atoms with E-state index in [0.717, 1.165) is 0 Å². The van der Waals surface area contributed by atoms with Gasteiger partial charge in [-0.25, -0.2) is 0 Å². The first kappa shape index (κ1) is 18.8. The zero-order valence-electron chi connectivity index (χ0n) is 14.0. The number of hydrogen-bond acceptors (Lipinski definition) is 6. The van der Waals surface area contributed by atoms with E-state index >= 15 is 0 Å². The van der Waals surface area contributed by atoms with E-state index in [-0.39, 0.29) is 35.1 Å². The number of aromatic nitrogens is 1. The molecule has 0 aliphatic rings. The van der Waals surface area contributed by atoms with E-state index in [9.17, 15) is 19.7 Å². The number of Topliss-reactive ketones (excluding diaryl/α,β-unsaturated/α-hetero) is 2. The molecule has 25 heavy (non-hydrogen) atoms. The summed E-state index contributed by atoms with van der Waals surface area (Å²) < 4.78 is 5.10. The third-order valence-corrected chi connectivity index (χ3v) is 4.41. The van der Waals surface area contributed by atoms with Gasteiger partial charge in [0.1, 0.15) is 11.6 Å². The Morgan fingerprint density at radius 2 is 1.88 bits per heavy atom. The summed E-state index contributed by atoms with van der Waals surface area (Å²) in [6.45, 7) is 4.09. The van der Waals surface area contributed by atoms with Crippen molar-refractivity contribution in [1.29, 1.82) is 0 Å². The fraction of sp³-hybridized carbons (Fsp3) is 0.353. The summed E-state index contributed by atoms with van der Waals surface area (Å²) in [4.78, 5) is 34.9. The number of halogens is 1. The van der Waals surface area contributed by atoms with Crippen molar-refractivity contribution in [1.82, 2.24) is 5.16 Å². The van der Waals surface area contributed by atoms with Gasteiger partial charge in [0.25, 0.3) is 0 Å². The van der Waals surface area contributed by atoms with Crippen molar-refractivity contribution in [2.45, 2.75) is 33.1 Å². The van der Waals surface area contributed by atoms with Crippen LogP contribution in [0.4, 0.5) is 5.69 Å². The number of nitrogens with zero attached hydrogens (tertiary/aromatic N) is 2. The molecule has 1 aromatic heterocycles. The highest BCUT2D eigenvalue weighted by Gasteiger charge is 2.36. The number of carbonyl (C=O) groups is 2. The van der Waals surface area contributed by atoms with Gasteiger partial charge in [-0.1, -0.05) is 35.0 Å². The van der Waals surface area contributed by atoms with Crippen LogP contribution in [0.5, 0.6) is 0 Å². The molecule has 7 nitrogen and oxygen atoms in total. The monoisotopic (exact) mass is 364 g/mol. The summed E-state index contributed by atoms with van der Waals surface area (Å²) in [6, 6.07) is 6.79. The van der Waals surface area contributed by atoms with Gasteiger partial charge in [-0.2, -0.15) is 0 Å². The first-order valence-electron chi connectivity index (χ1n) is 7.58. The van der Waals surface area contributed by atoms with Gasteiger partial charge in [0.15, 0.2) is 5.69 Å². The van der Waals surface area contributed by atoms with Crippen molar-refractivity contribution >= 4 is 28.9 Å². The van der Waals surface area contributed by atoms with Crippen molar-refractivity contribution in [2.24, 2.45) is 5.92 Å². The van der Waals surface area contributed by atoms with E-state index in [4.69, 9.17) is 16.1 Å². The third kappa shape index (κ3) is 3.93. The average Bonchev–Trinajstić information content (AvgIpc) is 2.87. The molecular weight excluding hydrogens is 348 g/mol. The van der Waals surface area contributed by atoms with E-state index in [1.165, 1.54) is 20.8 Å². The molecular formula is C17H17ClN2O5. The van der Waals surface area contributed by atoms with Crippen LogP contribution in [0.15, 0.2) is 28.8 Å². The molecule has 0 radical (unpaired) electrons. The highest BCUT2D eigenvalue weighted by molar-refractivity contribution is 6.31. The summed E-state index contributed by atoms with van der Waals surface area (Å²) in [5.74, 6) is -2.33. The van der Waals surface area contributed by atoms with Gasteiger partial charge in [0.2, 0.25) is 5.76 Å². The molecule has 0 spiro atoms. The fourth-order valence-corrected chi connectivity index (χ4v) is 3.29. The van der Waals surface area contributed by atoms with Gasteiger partial charge >= 0.3 is 5.69 Å². The topological polar surface area (TPSA) is 103 Å². The quantitative estimate of drug-likeness (QED) is 0.422. The van der Waals surface area contributed by atoms with Crippen molar-refractivity contribution in [3.63, 3.8) is 0 Å². The first-order valence-corrected chi connectivity index (χ1v) is 7.96. The highest BCUT2D eigenvalue weighted by Crippen LogP contribution is 2.37. The molecule has 0 N–H and O–H groups in total. The number of hydrogen-bond donors (Lipinski definition) is 0. The van der Waals surface area contributed by atoms with Gasteiger partial charge in [-0.05, 0) is 32.4 Å². The van der Waals surface area contributed by atoms with E-state index in [1.807, 2.05) is 0 Å². The van der Waals surface area contributed by atoms with E-state index in [1.54, 1.807) is 24.3 Å². The maximum Gasteiger partial charge on any atom is 0.334 e. The minimum atomic E-state index is -0.982. The molecule has 0 aliphatic heterocycles. The molecule has 1 unspecified atom stereocenters. The maximum absolute atomic E-state index is 12.1. The van der Waals surface area contributed by atoms with Gasteiger partial charge in [0, 0.05) is 17.4 Å². The molecule has 1 atom stereocenters. The van der Waals surface area contributed by atoms with Crippen LogP contribution in [0.25, 0.3) is 0 Å². The minimum absolute atomic E-state index is 0.0138. The van der Waals surface area contributed by atoms with Crippen LogP contribution in [0.1, 0.15) is 36.8 Å². The summed E-state index contributed by atoms with van der Waals surface area (Å²) in [6.07, 6.45) is -0.0370. The number of rotatable bonds is 7. The lowest BCUT2D eigenvalue weighted by atomic mass is 9.78. The second-order valence-corrected chi connectivity index (χ2v) is 6.24. The summed E-state index contributed by atoms with van der Waals surface area (Å²) in [5, 5.41) is 15.3. The third-order valence-electron chi connectivity index (χ3n) is 4.07. The molecule has 0 saturated carbocycles. The molecule has 2 rings (SSSR count). The van der Waals surface area contributed by atoms with Crippen LogP contribution in [-0.4, -0.2) is 21.6 Å². The van der Waals surface area contributed by atoms with Crippen molar-refractivity contribution in [3.05, 3.63) is 56.4 Å². The Morgan fingerprint density at radius 1 is 1.28 bits per heavy atom. The van der Waals surface area contributed by atoms with Crippen LogP contribution < -0.4 is 0 Å². The van der Waals surface area contributed by atoms with Crippen molar-refractivity contribution in [3.8, 4) is 0 Å². The molecule has 0 aliphatic carbocycles. The van der Waals surface area contributed by atoms with E-state index in [2.05, 4.69) is 5.16 Å². The zero-order chi connectivity index (χ0) is 18.7. The lowest BCUT2D eigenvalue weighted by Crippen LogP contribution is -2.28. The summed E-state index contributed by atoms with van der Waals surface area (Å²) >= 11 is 6.24. The molecule has 132 valence electrons. The Bertz CT molecular complexity index is 816. The molecule has 1 aromatic carbocycles. The molecule has 0 amide bonds. The molecule has 0 fully saturated rings. The van der Waals surface area contributed by atoms with Crippen molar-refractivity contribution < 1.29 is 19.0 Å². The van der Waals surface area contributed by atoms with Crippen LogP contribution >= 0.6 is 11.6 Å². The zero-order valence-corrected chi connectivity index (χ0v) is 14.7. The molecule has 0 saturated heterocycles. The Morgan fingerprint density at radius 3 is 2.40 bits per heavy atom. The smallest absolute Gasteiger partial charge is 0.334 e. The Hall–Kier alpha value is -2.54. The summed E-state index contributed by atoms with van der Waals surface area (Å²) in [5.41, 5.74) is 0.450. The van der Waals surface area contributed by atoms with Crippen LogP contribution in [0, 0.1) is 23.0 Å². The van der Waals surface area contributed by atoms with Crippen LogP contribution in [0.2, 0.25) is 5.02 Å². The normalized spacial score (nSPS) is 12.2. The molecule has 2 aromatic rings. The minimum Gasteiger partial charge on any atom is -0.354 e. The largest absolute Gasteiger partial charge is 0.354 e. The Kier molecular flexibility index (Phi) is 5.69. The molecule has 1 heterocycles.